The van der Waals surface area contributed by atoms with Gasteiger partial charge in [0.15, 0.2) is 6.10 Å². The van der Waals surface area contributed by atoms with Gasteiger partial charge >= 0.3 is 5.97 Å². The Kier molecular flexibility index (Phi) is 6.77. The molecule has 1 heterocycles. The standard InChI is InChI=1S/C30H20ClNO6/c1-37-23-14-12-22(13-15-23)32-28(34)24-16-9-20(17-25(24)29(32)35)30(36)38-27(19-7-10-21(31)11-8-19)26(33)18-5-3-2-4-6-18/h2-17,27H,1H3. The van der Waals surface area contributed by atoms with Crippen LogP contribution in [0.5, 0.6) is 5.75 Å². The smallest absolute Gasteiger partial charge is 0.339 e. The number of amides is 2. The van der Waals surface area contributed by atoms with Crippen molar-refractivity contribution >= 4 is 40.9 Å². The summed E-state index contributed by atoms with van der Waals surface area (Å²) in [5.74, 6) is -1.73. The van der Waals surface area contributed by atoms with E-state index in [0.717, 1.165) is 4.90 Å². The highest BCUT2D eigenvalue weighted by atomic mass is 35.5. The van der Waals surface area contributed by atoms with Crippen LogP contribution in [0.3, 0.4) is 0 Å². The van der Waals surface area contributed by atoms with Crippen LogP contribution in [-0.2, 0) is 4.74 Å². The van der Waals surface area contributed by atoms with Crippen LogP contribution >= 0.6 is 11.6 Å². The molecule has 5 rings (SSSR count). The first-order valence-corrected chi connectivity index (χ1v) is 12.0. The quantitative estimate of drug-likeness (QED) is 0.169. The van der Waals surface area contributed by atoms with Gasteiger partial charge in [0.2, 0.25) is 5.78 Å². The van der Waals surface area contributed by atoms with Gasteiger partial charge < -0.3 is 9.47 Å². The number of hydrogen-bond acceptors (Lipinski definition) is 6. The lowest BCUT2D eigenvalue weighted by atomic mass is 9.99. The van der Waals surface area contributed by atoms with Crippen LogP contribution in [0.25, 0.3) is 0 Å². The van der Waals surface area contributed by atoms with E-state index in [1.807, 2.05) is 0 Å². The number of nitrogens with zero attached hydrogens (tertiary/aromatic N) is 1. The summed E-state index contributed by atoms with van der Waals surface area (Å²) in [5.41, 5.74) is 1.44. The molecule has 0 aliphatic carbocycles. The van der Waals surface area contributed by atoms with Gasteiger partial charge in [0.05, 0.1) is 29.5 Å². The van der Waals surface area contributed by atoms with Gasteiger partial charge in [0, 0.05) is 16.1 Å². The van der Waals surface area contributed by atoms with Crippen LogP contribution in [0, 0.1) is 0 Å². The van der Waals surface area contributed by atoms with Crippen molar-refractivity contribution in [3.8, 4) is 5.75 Å². The topological polar surface area (TPSA) is 90.0 Å². The van der Waals surface area contributed by atoms with Gasteiger partial charge in [-0.2, -0.15) is 0 Å². The third-order valence-corrected chi connectivity index (χ3v) is 6.40. The number of carbonyl (C=O) groups excluding carboxylic acids is 4. The molecule has 38 heavy (non-hydrogen) atoms. The number of Topliss-reactive ketones (excluding diaryl/α,β-unsaturated/α-hetero) is 1. The van der Waals surface area contributed by atoms with Gasteiger partial charge in [0.1, 0.15) is 5.75 Å². The molecule has 1 atom stereocenters. The fourth-order valence-corrected chi connectivity index (χ4v) is 4.30. The van der Waals surface area contributed by atoms with E-state index in [-0.39, 0.29) is 16.7 Å². The first kappa shape index (κ1) is 24.9. The molecule has 1 aliphatic rings. The van der Waals surface area contributed by atoms with Crippen LogP contribution in [-0.4, -0.2) is 30.7 Å². The van der Waals surface area contributed by atoms with Crippen LogP contribution in [0.2, 0.25) is 5.02 Å². The molecule has 7 nitrogen and oxygen atoms in total. The van der Waals surface area contributed by atoms with Crippen molar-refractivity contribution in [3.63, 3.8) is 0 Å². The van der Waals surface area contributed by atoms with E-state index >= 15 is 0 Å². The predicted molar refractivity (Wildman–Crippen MR) is 141 cm³/mol. The molecule has 0 spiro atoms. The second-order valence-electron chi connectivity index (χ2n) is 8.47. The van der Waals surface area contributed by atoms with E-state index < -0.39 is 29.7 Å². The number of anilines is 1. The summed E-state index contributed by atoms with van der Waals surface area (Å²) >= 11 is 6.00. The third kappa shape index (κ3) is 4.67. The van der Waals surface area contributed by atoms with Crippen LogP contribution in [0.1, 0.15) is 53.1 Å². The Morgan fingerprint density at radius 2 is 1.42 bits per heavy atom. The average molecular weight is 526 g/mol. The van der Waals surface area contributed by atoms with Crippen molar-refractivity contribution in [2.24, 2.45) is 0 Å². The lowest BCUT2D eigenvalue weighted by Crippen LogP contribution is -2.29. The zero-order chi connectivity index (χ0) is 26.8. The van der Waals surface area contributed by atoms with E-state index in [4.69, 9.17) is 21.1 Å². The highest BCUT2D eigenvalue weighted by molar-refractivity contribution is 6.34. The van der Waals surface area contributed by atoms with Gasteiger partial charge in [-0.05, 0) is 54.6 Å². The molecule has 0 bridgehead atoms. The molecule has 0 radical (unpaired) electrons. The largest absolute Gasteiger partial charge is 0.497 e. The first-order valence-electron chi connectivity index (χ1n) is 11.6. The molecule has 1 aliphatic heterocycles. The highest BCUT2D eigenvalue weighted by Crippen LogP contribution is 2.31. The van der Waals surface area contributed by atoms with Crippen molar-refractivity contribution in [2.45, 2.75) is 6.10 Å². The van der Waals surface area contributed by atoms with E-state index in [0.29, 0.717) is 27.6 Å². The van der Waals surface area contributed by atoms with Gasteiger partial charge in [-0.1, -0.05) is 54.1 Å². The Morgan fingerprint density at radius 1 is 0.763 bits per heavy atom. The monoisotopic (exact) mass is 525 g/mol. The highest BCUT2D eigenvalue weighted by Gasteiger charge is 2.37. The number of esters is 1. The fourth-order valence-electron chi connectivity index (χ4n) is 4.17. The molecule has 0 saturated heterocycles. The molecule has 0 fully saturated rings. The summed E-state index contributed by atoms with van der Waals surface area (Å²) in [6.07, 6.45) is -1.25. The van der Waals surface area contributed by atoms with Crippen molar-refractivity contribution in [1.29, 1.82) is 0 Å². The Bertz CT molecular complexity index is 1550. The number of carbonyl (C=O) groups is 4. The van der Waals surface area contributed by atoms with Crippen LogP contribution in [0.15, 0.2) is 97.1 Å². The molecule has 4 aromatic carbocycles. The summed E-state index contributed by atoms with van der Waals surface area (Å²) in [6.45, 7) is 0. The minimum absolute atomic E-state index is 0.0290. The van der Waals surface area contributed by atoms with Crippen molar-refractivity contribution in [2.75, 3.05) is 12.0 Å². The summed E-state index contributed by atoms with van der Waals surface area (Å²) in [5, 5.41) is 0.467. The summed E-state index contributed by atoms with van der Waals surface area (Å²) in [4.78, 5) is 53.7. The Hall–Kier alpha value is -4.75. The number of benzene rings is 4. The normalized spacial score (nSPS) is 13.2. The van der Waals surface area contributed by atoms with Crippen molar-refractivity contribution in [3.05, 3.63) is 130 Å². The number of halogens is 1. The number of methoxy groups -OCH3 is 1. The zero-order valence-corrected chi connectivity index (χ0v) is 20.8. The SMILES string of the molecule is COc1ccc(N2C(=O)c3ccc(C(=O)OC(C(=O)c4ccccc4)c4ccc(Cl)cc4)cc3C2=O)cc1. The molecular weight excluding hydrogens is 506 g/mol. The van der Waals surface area contributed by atoms with Crippen molar-refractivity contribution < 1.29 is 28.7 Å². The summed E-state index contributed by atoms with van der Waals surface area (Å²) in [7, 11) is 1.52. The number of hydrogen-bond donors (Lipinski definition) is 0. The van der Waals surface area contributed by atoms with Gasteiger partial charge in [-0.15, -0.1) is 0 Å². The molecule has 0 saturated carbocycles. The predicted octanol–water partition coefficient (Wildman–Crippen LogP) is 5.93. The van der Waals surface area contributed by atoms with E-state index in [2.05, 4.69) is 0 Å². The summed E-state index contributed by atoms with van der Waals surface area (Å²) < 4.78 is 10.8. The third-order valence-electron chi connectivity index (χ3n) is 6.15. The minimum Gasteiger partial charge on any atom is -0.497 e. The van der Waals surface area contributed by atoms with Gasteiger partial charge in [0.25, 0.3) is 11.8 Å². The molecular formula is C30H20ClNO6. The molecule has 1 unspecified atom stereocenters. The number of ether oxygens (including phenoxy) is 2. The maximum absolute atomic E-state index is 13.3. The average Bonchev–Trinajstić information content (AvgIpc) is 3.21. The van der Waals surface area contributed by atoms with Crippen LogP contribution in [0.4, 0.5) is 5.69 Å². The van der Waals surface area contributed by atoms with E-state index in [1.54, 1.807) is 78.9 Å². The lowest BCUT2D eigenvalue weighted by molar-refractivity contribution is 0.0280. The van der Waals surface area contributed by atoms with E-state index in [9.17, 15) is 19.2 Å². The Morgan fingerprint density at radius 3 is 2.08 bits per heavy atom. The summed E-state index contributed by atoms with van der Waals surface area (Å²) in [6, 6.07) is 25.5. The second-order valence-corrected chi connectivity index (χ2v) is 8.91. The second kappa shape index (κ2) is 10.3. The minimum atomic E-state index is -1.25. The van der Waals surface area contributed by atoms with Gasteiger partial charge in [-0.3, -0.25) is 14.4 Å². The number of imide groups is 1. The number of ketones is 1. The van der Waals surface area contributed by atoms with Crippen LogP contribution < -0.4 is 9.64 Å². The molecule has 188 valence electrons. The Labute approximate surface area is 223 Å². The number of fused-ring (bicyclic) bond motifs is 1. The molecule has 0 aromatic heterocycles. The maximum Gasteiger partial charge on any atom is 0.339 e. The first-order chi connectivity index (χ1) is 18.4. The Balaban J connectivity index is 1.43. The van der Waals surface area contributed by atoms with Crippen molar-refractivity contribution in [1.82, 2.24) is 0 Å². The van der Waals surface area contributed by atoms with E-state index in [1.165, 1.54) is 25.3 Å². The van der Waals surface area contributed by atoms with Gasteiger partial charge in [-0.25, -0.2) is 9.69 Å². The lowest BCUT2D eigenvalue weighted by Gasteiger charge is -2.18. The molecule has 0 N–H and O–H groups in total. The fraction of sp³-hybridized carbons (Fsp3) is 0.0667. The number of rotatable bonds is 7. The maximum atomic E-state index is 13.3. The zero-order valence-electron chi connectivity index (χ0n) is 20.1. The molecule has 4 aromatic rings. The molecule has 2 amide bonds. The molecule has 8 heteroatoms.